The number of carbonyl (C=O) groups is 2. The first-order valence-electron chi connectivity index (χ1n) is 11.4. The Morgan fingerprint density at radius 3 is 2.35 bits per heavy atom. The van der Waals surface area contributed by atoms with Crippen molar-refractivity contribution in [2.45, 2.75) is 51.6 Å². The minimum absolute atomic E-state index is 0.248. The van der Waals surface area contributed by atoms with Crippen LogP contribution in [0.15, 0.2) is 42.5 Å². The number of carbonyl (C=O) groups excluding carboxylic acids is 2. The molecule has 1 heterocycles. The molecule has 2 aromatic rings. The molecule has 0 bridgehead atoms. The molecule has 1 aliphatic heterocycles. The molecular weight excluding hydrogens is 437 g/mol. The van der Waals surface area contributed by atoms with Crippen LogP contribution in [-0.4, -0.2) is 48.5 Å². The zero-order chi connectivity index (χ0) is 24.9. The van der Waals surface area contributed by atoms with Gasteiger partial charge in [-0.1, -0.05) is 6.07 Å². The third-order valence-corrected chi connectivity index (χ3v) is 5.82. The molecule has 0 radical (unpaired) electrons. The van der Waals surface area contributed by atoms with E-state index in [1.807, 2.05) is 26.8 Å². The number of nitrogens with zero attached hydrogens (tertiary/aromatic N) is 1. The van der Waals surface area contributed by atoms with E-state index in [4.69, 9.17) is 14.9 Å². The second-order valence-electron chi connectivity index (χ2n) is 9.35. The van der Waals surface area contributed by atoms with Crippen LogP contribution in [0.4, 0.5) is 20.6 Å². The maximum atomic E-state index is 13.2. The normalized spacial score (nSPS) is 15.4. The highest BCUT2D eigenvalue weighted by molar-refractivity contribution is 5.90. The Labute approximate surface area is 199 Å². The molecule has 1 saturated heterocycles. The number of piperidine rings is 1. The fraction of sp³-hybridized carbons (Fsp3) is 0.423. The van der Waals surface area contributed by atoms with E-state index in [0.29, 0.717) is 42.9 Å². The fourth-order valence-corrected chi connectivity index (χ4v) is 4.06. The molecule has 1 fully saturated rings. The van der Waals surface area contributed by atoms with Crippen LogP contribution in [0.1, 0.15) is 51.7 Å². The number of anilines is 2. The van der Waals surface area contributed by atoms with Crippen LogP contribution in [0.3, 0.4) is 0 Å². The van der Waals surface area contributed by atoms with Crippen LogP contribution >= 0.6 is 0 Å². The Morgan fingerprint density at radius 1 is 1.15 bits per heavy atom. The maximum absolute atomic E-state index is 13.2. The summed E-state index contributed by atoms with van der Waals surface area (Å²) in [4.78, 5) is 27.3. The third kappa shape index (κ3) is 5.73. The average molecular weight is 470 g/mol. The van der Waals surface area contributed by atoms with E-state index >= 15 is 0 Å². The number of rotatable bonds is 6. The number of esters is 1. The molecule has 0 saturated carbocycles. The topological polar surface area (TPSA) is 91.7 Å². The molecule has 0 aromatic heterocycles. The molecule has 1 aliphatic rings. The van der Waals surface area contributed by atoms with Crippen molar-refractivity contribution in [3.8, 4) is 0 Å². The predicted octanol–water partition coefficient (Wildman–Crippen LogP) is 5.40. The zero-order valence-corrected chi connectivity index (χ0v) is 20.1. The minimum atomic E-state index is -0.930. The first-order valence-corrected chi connectivity index (χ1v) is 11.4. The predicted molar refractivity (Wildman–Crippen MR) is 129 cm³/mol. The Kier molecular flexibility index (Phi) is 7.59. The molecule has 7 nitrogen and oxygen atoms in total. The van der Waals surface area contributed by atoms with Crippen LogP contribution in [0.25, 0.3) is 0 Å². The first kappa shape index (κ1) is 25.2. The number of ether oxygens (including phenoxy) is 2. The van der Waals surface area contributed by atoms with Crippen molar-refractivity contribution in [3.63, 3.8) is 0 Å². The van der Waals surface area contributed by atoms with Gasteiger partial charge < -0.3 is 25.1 Å². The number of nitrogens with one attached hydrogen (secondary N) is 2. The third-order valence-electron chi connectivity index (χ3n) is 5.82. The quantitative estimate of drug-likeness (QED) is 0.437. The molecule has 0 atom stereocenters. The van der Waals surface area contributed by atoms with Crippen molar-refractivity contribution in [1.82, 2.24) is 4.90 Å². The van der Waals surface area contributed by atoms with E-state index < -0.39 is 17.1 Å². The van der Waals surface area contributed by atoms with Crippen molar-refractivity contribution >= 4 is 29.7 Å². The van der Waals surface area contributed by atoms with Gasteiger partial charge in [0.1, 0.15) is 11.4 Å². The van der Waals surface area contributed by atoms with Gasteiger partial charge in [-0.15, -0.1) is 0 Å². The Morgan fingerprint density at radius 2 is 1.79 bits per heavy atom. The molecule has 2 N–H and O–H groups in total. The average Bonchev–Trinajstić information content (AvgIpc) is 2.80. The number of likely N-dealkylation sites (tertiary alicyclic amines) is 1. The van der Waals surface area contributed by atoms with E-state index in [1.165, 1.54) is 18.3 Å². The molecule has 0 aliphatic carbocycles. The minimum Gasteiger partial charge on any atom is -0.465 e. The lowest BCUT2D eigenvalue weighted by Crippen LogP contribution is -2.50. The van der Waals surface area contributed by atoms with Gasteiger partial charge in [-0.3, -0.25) is 4.79 Å². The van der Waals surface area contributed by atoms with Crippen LogP contribution in [0.5, 0.6) is 0 Å². The van der Waals surface area contributed by atoms with Crippen LogP contribution in [-0.2, 0) is 19.7 Å². The molecule has 2 aromatic carbocycles. The van der Waals surface area contributed by atoms with Crippen LogP contribution < -0.4 is 5.32 Å². The largest absolute Gasteiger partial charge is 0.465 e. The number of hydrogen-bond acceptors (Lipinski definition) is 6. The van der Waals surface area contributed by atoms with Crippen LogP contribution in [0, 0.1) is 11.2 Å². The van der Waals surface area contributed by atoms with Crippen molar-refractivity contribution in [2.24, 2.45) is 0 Å². The summed E-state index contributed by atoms with van der Waals surface area (Å²) < 4.78 is 24.2. The number of benzene rings is 2. The van der Waals surface area contributed by atoms with Crippen molar-refractivity contribution < 1.29 is 23.5 Å². The standard InChI is InChI=1S/C26H32FN3O4/c1-5-33-23(31)26(12-14-30(15-13-26)24(32)34-25(2,3)4)19-6-11-22(18(16-19)17-28)29-21-9-7-20(27)8-10-21/h6-11,16-17,28-29H,5,12-15H2,1-4H3. The van der Waals surface area contributed by atoms with E-state index in [2.05, 4.69) is 5.32 Å². The van der Waals surface area contributed by atoms with Gasteiger partial charge in [0, 0.05) is 36.2 Å². The summed E-state index contributed by atoms with van der Waals surface area (Å²) in [6, 6.07) is 11.4. The summed E-state index contributed by atoms with van der Waals surface area (Å²) in [7, 11) is 0. The smallest absolute Gasteiger partial charge is 0.410 e. The van der Waals surface area contributed by atoms with Gasteiger partial charge in [-0.05, 0) is 82.5 Å². The second-order valence-corrected chi connectivity index (χ2v) is 9.35. The lowest BCUT2D eigenvalue weighted by atomic mass is 9.72. The van der Waals surface area contributed by atoms with Gasteiger partial charge in [-0.25, -0.2) is 9.18 Å². The highest BCUT2D eigenvalue weighted by Gasteiger charge is 2.45. The second kappa shape index (κ2) is 10.2. The molecule has 3 rings (SSSR count). The van der Waals surface area contributed by atoms with Gasteiger partial charge >= 0.3 is 12.1 Å². The Bertz CT molecular complexity index is 1040. The van der Waals surface area contributed by atoms with Gasteiger partial charge in [0.15, 0.2) is 0 Å². The van der Waals surface area contributed by atoms with Gasteiger partial charge in [0.25, 0.3) is 0 Å². The van der Waals surface area contributed by atoms with E-state index in [1.54, 1.807) is 36.1 Å². The molecule has 0 spiro atoms. The number of amides is 1. The fourth-order valence-electron chi connectivity index (χ4n) is 4.06. The lowest BCUT2D eigenvalue weighted by molar-refractivity contribution is -0.152. The molecule has 34 heavy (non-hydrogen) atoms. The molecular formula is C26H32FN3O4. The lowest BCUT2D eigenvalue weighted by Gasteiger charge is -2.40. The molecule has 8 heteroatoms. The summed E-state index contributed by atoms with van der Waals surface area (Å²) >= 11 is 0. The summed E-state index contributed by atoms with van der Waals surface area (Å²) in [5, 5.41) is 11.1. The molecule has 182 valence electrons. The highest BCUT2D eigenvalue weighted by atomic mass is 19.1. The van der Waals surface area contributed by atoms with Crippen LogP contribution in [0.2, 0.25) is 0 Å². The monoisotopic (exact) mass is 469 g/mol. The van der Waals surface area contributed by atoms with Crippen molar-refractivity contribution in [3.05, 3.63) is 59.4 Å². The van der Waals surface area contributed by atoms with Gasteiger partial charge in [-0.2, -0.15) is 0 Å². The number of halogens is 1. The van der Waals surface area contributed by atoms with Gasteiger partial charge in [0.05, 0.1) is 12.0 Å². The SMILES string of the molecule is CCOC(=O)C1(c2ccc(Nc3ccc(F)cc3)c(C=N)c2)CCN(C(=O)OC(C)(C)C)CC1. The Hall–Kier alpha value is -3.42. The molecule has 1 amide bonds. The maximum Gasteiger partial charge on any atom is 0.410 e. The number of hydrogen-bond donors (Lipinski definition) is 2. The summed E-state index contributed by atoms with van der Waals surface area (Å²) in [5.74, 6) is -0.670. The highest BCUT2D eigenvalue weighted by Crippen LogP contribution is 2.39. The summed E-state index contributed by atoms with van der Waals surface area (Å²) in [5.41, 5.74) is 1.14. The van der Waals surface area contributed by atoms with E-state index in [9.17, 15) is 14.0 Å². The molecule has 0 unspecified atom stereocenters. The summed E-state index contributed by atoms with van der Waals surface area (Å²) in [6.45, 7) is 8.17. The van der Waals surface area contributed by atoms with Crippen molar-refractivity contribution in [2.75, 3.05) is 25.0 Å². The van der Waals surface area contributed by atoms with E-state index in [-0.39, 0.29) is 18.4 Å². The van der Waals surface area contributed by atoms with Gasteiger partial charge in [0.2, 0.25) is 0 Å². The van der Waals surface area contributed by atoms with Crippen molar-refractivity contribution in [1.29, 1.82) is 5.41 Å². The first-order chi connectivity index (χ1) is 16.1. The summed E-state index contributed by atoms with van der Waals surface area (Å²) in [6.07, 6.45) is 1.58. The Balaban J connectivity index is 1.88. The zero-order valence-electron chi connectivity index (χ0n) is 20.1. The van der Waals surface area contributed by atoms with E-state index in [0.717, 1.165) is 5.56 Å².